The van der Waals surface area contributed by atoms with Gasteiger partial charge < -0.3 is 5.11 Å². The molecule has 1 atom stereocenters. The third kappa shape index (κ3) is 4.71. The minimum atomic E-state index is -0.704. The summed E-state index contributed by atoms with van der Waals surface area (Å²) in [6.45, 7) is 9.86. The molecule has 0 spiro atoms. The van der Waals surface area contributed by atoms with Crippen molar-refractivity contribution >= 4 is 5.97 Å². The molecule has 0 aliphatic rings. The van der Waals surface area contributed by atoms with E-state index in [2.05, 4.69) is 0 Å². The van der Waals surface area contributed by atoms with Gasteiger partial charge in [0.05, 0.1) is 5.92 Å². The van der Waals surface area contributed by atoms with Gasteiger partial charge in [-0.2, -0.15) is 0 Å². The highest BCUT2D eigenvalue weighted by Gasteiger charge is 2.29. The van der Waals surface area contributed by atoms with Crippen LogP contribution in [-0.2, 0) is 4.79 Å². The number of rotatable bonds is 3. The first-order chi connectivity index (χ1) is 5.75. The van der Waals surface area contributed by atoms with Gasteiger partial charge in [-0.25, -0.2) is 0 Å². The third-order valence-corrected chi connectivity index (χ3v) is 2.11. The van der Waals surface area contributed by atoms with Crippen molar-refractivity contribution in [3.63, 3.8) is 0 Å². The summed E-state index contributed by atoms with van der Waals surface area (Å²) in [5.41, 5.74) is 1.01. The number of carboxylic acids is 1. The van der Waals surface area contributed by atoms with Crippen molar-refractivity contribution in [1.29, 1.82) is 0 Å². The maximum Gasteiger partial charge on any atom is 0.307 e. The minimum Gasteiger partial charge on any atom is -0.481 e. The molecule has 0 bridgehead atoms. The molecular weight excluding hydrogens is 164 g/mol. The number of carboxylic acid groups (broad SMARTS) is 1. The molecule has 13 heavy (non-hydrogen) atoms. The van der Waals surface area contributed by atoms with Crippen molar-refractivity contribution in [1.82, 2.24) is 0 Å². The molecule has 1 unspecified atom stereocenters. The van der Waals surface area contributed by atoms with Gasteiger partial charge >= 0.3 is 5.97 Å². The Labute approximate surface area is 80.7 Å². The summed E-state index contributed by atoms with van der Waals surface area (Å²) in [7, 11) is 0. The zero-order valence-electron chi connectivity index (χ0n) is 9.22. The van der Waals surface area contributed by atoms with Gasteiger partial charge in [-0.15, -0.1) is 0 Å². The minimum absolute atomic E-state index is 0.169. The maximum atomic E-state index is 10.9. The fourth-order valence-electron chi connectivity index (χ4n) is 1.18. The van der Waals surface area contributed by atoms with Crippen molar-refractivity contribution in [2.24, 2.45) is 11.3 Å². The molecule has 0 saturated carbocycles. The monoisotopic (exact) mass is 184 g/mol. The van der Waals surface area contributed by atoms with Crippen LogP contribution in [0.2, 0.25) is 0 Å². The molecule has 76 valence electrons. The summed E-state index contributed by atoms with van der Waals surface area (Å²) in [4.78, 5) is 10.9. The van der Waals surface area contributed by atoms with Gasteiger partial charge in [-0.1, -0.05) is 32.4 Å². The maximum absolute atomic E-state index is 10.9. The Morgan fingerprint density at radius 3 is 2.08 bits per heavy atom. The molecule has 0 aromatic heterocycles. The molecule has 2 heteroatoms. The smallest absolute Gasteiger partial charge is 0.307 e. The molecule has 0 aliphatic carbocycles. The first-order valence-electron chi connectivity index (χ1n) is 4.61. The Morgan fingerprint density at radius 2 is 1.85 bits per heavy atom. The van der Waals surface area contributed by atoms with E-state index in [0.29, 0.717) is 6.42 Å². The summed E-state index contributed by atoms with van der Waals surface area (Å²) in [6.07, 6.45) is 2.62. The van der Waals surface area contributed by atoms with E-state index in [1.165, 1.54) is 5.57 Å². The Morgan fingerprint density at radius 1 is 1.38 bits per heavy atom. The highest BCUT2D eigenvalue weighted by molar-refractivity contribution is 5.71. The quantitative estimate of drug-likeness (QED) is 0.684. The summed E-state index contributed by atoms with van der Waals surface area (Å²) < 4.78 is 0. The van der Waals surface area contributed by atoms with E-state index in [4.69, 9.17) is 5.11 Å². The number of allylic oxidation sites excluding steroid dienone is 2. The predicted molar refractivity (Wildman–Crippen MR) is 54.6 cm³/mol. The van der Waals surface area contributed by atoms with Crippen LogP contribution in [0.1, 0.15) is 41.0 Å². The Bertz CT molecular complexity index is 205. The van der Waals surface area contributed by atoms with Crippen molar-refractivity contribution in [2.45, 2.75) is 41.0 Å². The summed E-state index contributed by atoms with van der Waals surface area (Å²) in [5.74, 6) is -0.993. The molecule has 0 fully saturated rings. The van der Waals surface area contributed by atoms with Crippen LogP contribution >= 0.6 is 0 Å². The molecule has 0 radical (unpaired) electrons. The van der Waals surface area contributed by atoms with Gasteiger partial charge in [0.15, 0.2) is 0 Å². The Balaban J connectivity index is 4.47. The van der Waals surface area contributed by atoms with E-state index in [0.717, 1.165) is 0 Å². The molecule has 0 aliphatic heterocycles. The van der Waals surface area contributed by atoms with Crippen molar-refractivity contribution in [3.05, 3.63) is 11.6 Å². The van der Waals surface area contributed by atoms with Crippen molar-refractivity contribution in [2.75, 3.05) is 0 Å². The molecule has 2 nitrogen and oxygen atoms in total. The topological polar surface area (TPSA) is 37.3 Å². The van der Waals surface area contributed by atoms with E-state index >= 15 is 0 Å². The number of hydrogen-bond donors (Lipinski definition) is 1. The van der Waals surface area contributed by atoms with E-state index in [-0.39, 0.29) is 11.3 Å². The van der Waals surface area contributed by atoms with Crippen LogP contribution in [0.25, 0.3) is 0 Å². The fourth-order valence-corrected chi connectivity index (χ4v) is 1.18. The van der Waals surface area contributed by atoms with Crippen LogP contribution < -0.4 is 0 Å². The van der Waals surface area contributed by atoms with Crippen LogP contribution in [0.15, 0.2) is 11.6 Å². The third-order valence-electron chi connectivity index (χ3n) is 2.11. The summed E-state index contributed by atoms with van der Waals surface area (Å²) in [6, 6.07) is 0. The Hall–Kier alpha value is -0.790. The second-order valence-electron chi connectivity index (χ2n) is 4.77. The number of aliphatic carboxylic acids is 1. The predicted octanol–water partition coefficient (Wildman–Crippen LogP) is 3.09. The number of carbonyl (C=O) groups is 1. The lowest BCUT2D eigenvalue weighted by Crippen LogP contribution is -2.27. The lowest BCUT2D eigenvalue weighted by atomic mass is 9.78. The molecule has 0 amide bonds. The second kappa shape index (κ2) is 4.45. The molecule has 0 rings (SSSR count). The first kappa shape index (κ1) is 12.2. The van der Waals surface area contributed by atoms with Crippen molar-refractivity contribution in [3.8, 4) is 0 Å². The molecule has 0 aromatic rings. The van der Waals surface area contributed by atoms with Crippen LogP contribution in [0.4, 0.5) is 0 Å². The zero-order chi connectivity index (χ0) is 10.6. The fraction of sp³-hybridized carbons (Fsp3) is 0.727. The zero-order valence-corrected chi connectivity index (χ0v) is 9.22. The second-order valence-corrected chi connectivity index (χ2v) is 4.77. The average Bonchev–Trinajstić information content (AvgIpc) is 1.81. The van der Waals surface area contributed by atoms with Gasteiger partial charge in [-0.05, 0) is 25.7 Å². The van der Waals surface area contributed by atoms with E-state index < -0.39 is 5.97 Å². The normalized spacial score (nSPS) is 13.6. The standard InChI is InChI=1S/C11H20O2/c1-8(2)6-7-9(10(12)13)11(3,4)5/h6,9H,7H2,1-5H3,(H,12,13). The highest BCUT2D eigenvalue weighted by atomic mass is 16.4. The summed E-state index contributed by atoms with van der Waals surface area (Å²) >= 11 is 0. The van der Waals surface area contributed by atoms with E-state index in [9.17, 15) is 4.79 Å². The van der Waals surface area contributed by atoms with E-state index in [1.54, 1.807) is 0 Å². The molecular formula is C11H20O2. The molecule has 0 heterocycles. The molecule has 1 N–H and O–H groups in total. The van der Waals surface area contributed by atoms with Crippen LogP contribution in [-0.4, -0.2) is 11.1 Å². The van der Waals surface area contributed by atoms with Gasteiger partial charge in [0.1, 0.15) is 0 Å². The SMILES string of the molecule is CC(C)=CCC(C(=O)O)C(C)(C)C. The molecule has 0 aromatic carbocycles. The van der Waals surface area contributed by atoms with Gasteiger partial charge in [0.25, 0.3) is 0 Å². The highest BCUT2D eigenvalue weighted by Crippen LogP contribution is 2.29. The van der Waals surface area contributed by atoms with Gasteiger partial charge in [-0.3, -0.25) is 4.79 Å². The Kier molecular flexibility index (Phi) is 4.18. The van der Waals surface area contributed by atoms with E-state index in [1.807, 2.05) is 40.7 Å². The summed E-state index contributed by atoms with van der Waals surface area (Å²) in [5, 5.41) is 8.99. The molecule has 0 saturated heterocycles. The lowest BCUT2D eigenvalue weighted by Gasteiger charge is -2.26. The largest absolute Gasteiger partial charge is 0.481 e. The first-order valence-corrected chi connectivity index (χ1v) is 4.61. The van der Waals surface area contributed by atoms with Gasteiger partial charge in [0, 0.05) is 0 Å². The van der Waals surface area contributed by atoms with Crippen LogP contribution in [0.3, 0.4) is 0 Å². The average molecular weight is 184 g/mol. The number of hydrogen-bond acceptors (Lipinski definition) is 1. The van der Waals surface area contributed by atoms with Crippen molar-refractivity contribution < 1.29 is 9.90 Å². The van der Waals surface area contributed by atoms with Gasteiger partial charge in [0.2, 0.25) is 0 Å². The van der Waals surface area contributed by atoms with Crippen LogP contribution in [0, 0.1) is 11.3 Å². The lowest BCUT2D eigenvalue weighted by molar-refractivity contribution is -0.145. The van der Waals surface area contributed by atoms with Crippen LogP contribution in [0.5, 0.6) is 0 Å².